The lowest BCUT2D eigenvalue weighted by Gasteiger charge is -2.30. The molecule has 0 aromatic heterocycles. The van der Waals surface area contributed by atoms with Crippen molar-refractivity contribution in [3.8, 4) is 0 Å². The second-order valence-electron chi connectivity index (χ2n) is 8.73. The molecule has 1 heterocycles. The minimum absolute atomic E-state index is 0.330. The van der Waals surface area contributed by atoms with E-state index in [0.717, 1.165) is 50.5 Å². The van der Waals surface area contributed by atoms with Crippen molar-refractivity contribution in [2.75, 3.05) is 25.9 Å². The van der Waals surface area contributed by atoms with Crippen LogP contribution in [0.15, 0.2) is 29.3 Å². The highest BCUT2D eigenvalue weighted by Crippen LogP contribution is 2.23. The number of aliphatic imine (C=N–C) groups is 1. The number of nitrogens with one attached hydrogen (secondary N) is 2. The van der Waals surface area contributed by atoms with Crippen LogP contribution in [0, 0.1) is 0 Å². The minimum Gasteiger partial charge on any atom is -0.354 e. The summed E-state index contributed by atoms with van der Waals surface area (Å²) in [6.07, 6.45) is 9.78. The Morgan fingerprint density at radius 1 is 1.07 bits per heavy atom. The Morgan fingerprint density at radius 2 is 1.77 bits per heavy atom. The van der Waals surface area contributed by atoms with Gasteiger partial charge < -0.3 is 10.6 Å². The van der Waals surface area contributed by atoms with E-state index in [1.165, 1.54) is 49.9 Å². The van der Waals surface area contributed by atoms with E-state index in [-0.39, 0.29) is 0 Å². The van der Waals surface area contributed by atoms with Gasteiger partial charge in [0, 0.05) is 48.0 Å². The van der Waals surface area contributed by atoms with E-state index in [9.17, 15) is 4.21 Å². The summed E-state index contributed by atoms with van der Waals surface area (Å²) >= 11 is 0. The Bertz CT molecular complexity index is 683. The predicted octanol–water partition coefficient (Wildman–Crippen LogP) is 3.81. The average molecular weight is 433 g/mol. The number of benzene rings is 1. The summed E-state index contributed by atoms with van der Waals surface area (Å²) in [6, 6.07) is 9.36. The van der Waals surface area contributed by atoms with E-state index in [0.29, 0.717) is 11.3 Å². The van der Waals surface area contributed by atoms with Gasteiger partial charge in [-0.15, -0.1) is 0 Å². The molecular weight excluding hydrogens is 392 g/mol. The fourth-order valence-electron chi connectivity index (χ4n) is 4.64. The molecule has 2 N–H and O–H groups in total. The van der Waals surface area contributed by atoms with E-state index < -0.39 is 10.8 Å². The molecule has 1 saturated heterocycles. The molecule has 1 aliphatic carbocycles. The molecule has 0 radical (unpaired) electrons. The van der Waals surface area contributed by atoms with Crippen molar-refractivity contribution in [1.82, 2.24) is 15.5 Å². The van der Waals surface area contributed by atoms with Crippen molar-refractivity contribution in [3.05, 3.63) is 35.4 Å². The number of rotatable bonds is 7. The number of hydrogen-bond donors (Lipinski definition) is 2. The van der Waals surface area contributed by atoms with Gasteiger partial charge in [0.25, 0.3) is 0 Å². The highest BCUT2D eigenvalue weighted by molar-refractivity contribution is 7.85. The standard InChI is InChI=1S/C24H40N4OS/c1-3-30(29)23-10-8-9-22(17-23)27-24(25-2)26-18-20-11-13-21(14-12-20)19-28-15-6-4-5-7-16-28/h11-14,22-23H,3-10,15-19H2,1-2H3,(H2,25,26,27). The SMILES string of the molecule is CCS(=O)C1CCCC(NC(=NC)NCc2ccc(CN3CCCCCC3)cc2)C1. The maximum atomic E-state index is 12.2. The quantitative estimate of drug-likeness (QED) is 0.508. The molecule has 0 spiro atoms. The molecule has 3 rings (SSSR count). The second kappa shape index (κ2) is 12.5. The first kappa shape index (κ1) is 23.3. The normalized spacial score (nSPS) is 24.8. The van der Waals surface area contributed by atoms with E-state index >= 15 is 0 Å². The van der Waals surface area contributed by atoms with Crippen molar-refractivity contribution in [2.24, 2.45) is 4.99 Å². The Labute approximate surface area is 185 Å². The van der Waals surface area contributed by atoms with Crippen molar-refractivity contribution in [3.63, 3.8) is 0 Å². The summed E-state index contributed by atoms with van der Waals surface area (Å²) in [5.74, 6) is 1.61. The van der Waals surface area contributed by atoms with E-state index in [1.807, 2.05) is 14.0 Å². The molecule has 1 aliphatic heterocycles. The smallest absolute Gasteiger partial charge is 0.191 e. The zero-order chi connectivity index (χ0) is 21.2. The fraction of sp³-hybridized carbons (Fsp3) is 0.708. The number of nitrogens with zero attached hydrogens (tertiary/aromatic N) is 2. The Hall–Kier alpha value is -1.40. The molecule has 3 atom stereocenters. The molecule has 5 nitrogen and oxygen atoms in total. The lowest BCUT2D eigenvalue weighted by molar-refractivity contribution is 0.277. The maximum absolute atomic E-state index is 12.2. The molecule has 0 amide bonds. The van der Waals surface area contributed by atoms with Crippen molar-refractivity contribution >= 4 is 16.8 Å². The highest BCUT2D eigenvalue weighted by Gasteiger charge is 2.26. The van der Waals surface area contributed by atoms with Crippen molar-refractivity contribution in [1.29, 1.82) is 0 Å². The summed E-state index contributed by atoms with van der Waals surface area (Å²) < 4.78 is 12.2. The molecule has 6 heteroatoms. The van der Waals surface area contributed by atoms with E-state index in [1.54, 1.807) is 0 Å². The fourth-order valence-corrected chi connectivity index (χ4v) is 5.99. The Kier molecular flexibility index (Phi) is 9.66. The highest BCUT2D eigenvalue weighted by atomic mass is 32.2. The van der Waals surface area contributed by atoms with Gasteiger partial charge in [0.1, 0.15) is 0 Å². The van der Waals surface area contributed by atoms with Crippen LogP contribution in [0.5, 0.6) is 0 Å². The van der Waals surface area contributed by atoms with Crippen LogP contribution in [-0.4, -0.2) is 52.3 Å². The second-order valence-corrected chi connectivity index (χ2v) is 10.7. The number of likely N-dealkylation sites (tertiary alicyclic amines) is 1. The molecule has 3 unspecified atom stereocenters. The molecular formula is C24H40N4OS. The first-order valence-corrected chi connectivity index (χ1v) is 13.2. The van der Waals surface area contributed by atoms with Crippen LogP contribution in [0.2, 0.25) is 0 Å². The molecule has 168 valence electrons. The first-order valence-electron chi connectivity index (χ1n) is 11.8. The molecule has 2 aliphatic rings. The van der Waals surface area contributed by atoms with Gasteiger partial charge in [-0.25, -0.2) is 0 Å². The zero-order valence-corrected chi connectivity index (χ0v) is 19.7. The minimum atomic E-state index is -0.694. The molecule has 1 saturated carbocycles. The van der Waals surface area contributed by atoms with Crippen LogP contribution in [0.4, 0.5) is 0 Å². The van der Waals surface area contributed by atoms with E-state index in [2.05, 4.69) is 44.8 Å². The van der Waals surface area contributed by atoms with E-state index in [4.69, 9.17) is 0 Å². The van der Waals surface area contributed by atoms with Gasteiger partial charge in [0.05, 0.1) is 0 Å². The Morgan fingerprint density at radius 3 is 2.43 bits per heavy atom. The summed E-state index contributed by atoms with van der Waals surface area (Å²) in [6.45, 7) is 6.32. The predicted molar refractivity (Wildman–Crippen MR) is 128 cm³/mol. The van der Waals surface area contributed by atoms with Gasteiger partial charge in [0.15, 0.2) is 5.96 Å². The van der Waals surface area contributed by atoms with Crippen LogP contribution in [-0.2, 0) is 23.9 Å². The third-order valence-electron chi connectivity index (χ3n) is 6.43. The van der Waals surface area contributed by atoms with Crippen molar-refractivity contribution < 1.29 is 4.21 Å². The van der Waals surface area contributed by atoms with Gasteiger partial charge in [0.2, 0.25) is 0 Å². The number of guanidine groups is 1. The van der Waals surface area contributed by atoms with Gasteiger partial charge in [-0.1, -0.05) is 50.5 Å². The van der Waals surface area contributed by atoms with Crippen LogP contribution in [0.3, 0.4) is 0 Å². The summed E-state index contributed by atoms with van der Waals surface area (Å²) in [7, 11) is 1.13. The van der Waals surface area contributed by atoms with Crippen molar-refractivity contribution in [2.45, 2.75) is 82.7 Å². The summed E-state index contributed by atoms with van der Waals surface area (Å²) in [5.41, 5.74) is 2.67. The maximum Gasteiger partial charge on any atom is 0.191 e. The van der Waals surface area contributed by atoms with Gasteiger partial charge in [-0.2, -0.15) is 0 Å². The molecule has 1 aromatic carbocycles. The van der Waals surface area contributed by atoms with Crippen LogP contribution < -0.4 is 10.6 Å². The number of hydrogen-bond acceptors (Lipinski definition) is 3. The van der Waals surface area contributed by atoms with Gasteiger partial charge >= 0.3 is 0 Å². The average Bonchev–Trinajstić information content (AvgIpc) is 3.06. The molecule has 2 fully saturated rings. The third-order valence-corrected chi connectivity index (χ3v) is 8.18. The largest absolute Gasteiger partial charge is 0.354 e. The lowest BCUT2D eigenvalue weighted by atomic mass is 9.95. The van der Waals surface area contributed by atoms with Crippen LogP contribution in [0.1, 0.15) is 69.4 Å². The third kappa shape index (κ3) is 7.38. The summed E-state index contributed by atoms with van der Waals surface area (Å²) in [5, 5.41) is 7.34. The molecule has 30 heavy (non-hydrogen) atoms. The lowest BCUT2D eigenvalue weighted by Crippen LogP contribution is -2.46. The van der Waals surface area contributed by atoms with Gasteiger partial charge in [-0.05, 0) is 56.3 Å². The first-order chi connectivity index (χ1) is 14.7. The van der Waals surface area contributed by atoms with Crippen LogP contribution >= 0.6 is 0 Å². The monoisotopic (exact) mass is 432 g/mol. The Balaban J connectivity index is 1.44. The zero-order valence-electron chi connectivity index (χ0n) is 18.9. The topological polar surface area (TPSA) is 56.7 Å². The van der Waals surface area contributed by atoms with Crippen LogP contribution in [0.25, 0.3) is 0 Å². The van der Waals surface area contributed by atoms with Gasteiger partial charge in [-0.3, -0.25) is 14.1 Å². The molecule has 1 aromatic rings. The summed E-state index contributed by atoms with van der Waals surface area (Å²) in [4.78, 5) is 7.00. The molecule has 0 bridgehead atoms.